The van der Waals surface area contributed by atoms with E-state index < -0.39 is 6.04 Å². The monoisotopic (exact) mass is 348 g/mol. The summed E-state index contributed by atoms with van der Waals surface area (Å²) in [5.41, 5.74) is 2.27. The number of fused-ring (bicyclic) bond motifs is 1. The van der Waals surface area contributed by atoms with E-state index in [0.717, 1.165) is 16.4 Å². The average Bonchev–Trinajstić information content (AvgIpc) is 3.04. The van der Waals surface area contributed by atoms with Crippen molar-refractivity contribution in [2.24, 2.45) is 4.99 Å². The van der Waals surface area contributed by atoms with Crippen molar-refractivity contribution >= 4 is 22.9 Å². The topological polar surface area (TPSA) is 60.4 Å². The molecule has 0 saturated heterocycles. The van der Waals surface area contributed by atoms with E-state index in [1.165, 1.54) is 0 Å². The molecule has 0 aromatic heterocycles. The molecule has 2 aliphatic rings. The molecule has 0 amide bonds. The molecule has 0 fully saturated rings. The third kappa shape index (κ3) is 2.84. The first-order chi connectivity index (χ1) is 11.6. The van der Waals surface area contributed by atoms with E-state index >= 15 is 0 Å². The van der Waals surface area contributed by atoms with Crippen LogP contribution < -0.4 is 9.47 Å². The zero-order valence-electron chi connectivity index (χ0n) is 14.2. The van der Waals surface area contributed by atoms with Crippen LogP contribution in [-0.2, 0) is 9.53 Å². The highest BCUT2D eigenvalue weighted by Crippen LogP contribution is 2.40. The number of rotatable bonds is 3. The van der Waals surface area contributed by atoms with E-state index in [9.17, 15) is 4.79 Å². The summed E-state index contributed by atoms with van der Waals surface area (Å²) in [5, 5.41) is 0.850. The molecule has 2 aliphatic heterocycles. The summed E-state index contributed by atoms with van der Waals surface area (Å²) < 4.78 is 16.1. The number of thioether (sulfide) groups is 1. The summed E-state index contributed by atoms with van der Waals surface area (Å²) in [5.74, 6) is 1.04. The summed E-state index contributed by atoms with van der Waals surface area (Å²) in [4.78, 5) is 19.2. The van der Waals surface area contributed by atoms with Crippen LogP contribution in [0, 0.1) is 0 Å². The zero-order chi connectivity index (χ0) is 17.3. The van der Waals surface area contributed by atoms with Crippen LogP contribution >= 0.6 is 11.8 Å². The fourth-order valence-electron chi connectivity index (χ4n) is 2.77. The highest BCUT2D eigenvalue weighted by molar-refractivity contribution is 8.13. The molecule has 0 radical (unpaired) electrons. The number of aliphatic imine (C=N–C) groups is 1. The Balaban J connectivity index is 2.07. The number of esters is 1. The van der Waals surface area contributed by atoms with E-state index in [1.807, 2.05) is 43.3 Å². The van der Waals surface area contributed by atoms with Crippen LogP contribution in [0.5, 0.6) is 11.5 Å². The van der Waals surface area contributed by atoms with Crippen molar-refractivity contribution in [1.29, 1.82) is 0 Å². The van der Waals surface area contributed by atoms with Gasteiger partial charge in [-0.15, -0.1) is 0 Å². The lowest BCUT2D eigenvalue weighted by Crippen LogP contribution is -2.32. The largest absolute Gasteiger partial charge is 0.463 e. The fourth-order valence-corrected chi connectivity index (χ4v) is 3.39. The molecule has 7 heteroatoms. The van der Waals surface area contributed by atoms with E-state index in [2.05, 4.69) is 0 Å². The highest BCUT2D eigenvalue weighted by atomic mass is 32.2. The van der Waals surface area contributed by atoms with Crippen molar-refractivity contribution in [3.05, 3.63) is 35.0 Å². The first-order valence-electron chi connectivity index (χ1n) is 7.69. The van der Waals surface area contributed by atoms with Gasteiger partial charge in [0, 0.05) is 12.7 Å². The Morgan fingerprint density at radius 2 is 2.17 bits per heavy atom. The van der Waals surface area contributed by atoms with E-state index in [0.29, 0.717) is 23.7 Å². The van der Waals surface area contributed by atoms with Crippen LogP contribution in [0.3, 0.4) is 0 Å². The molecule has 0 saturated carbocycles. The second kappa shape index (κ2) is 6.76. The highest BCUT2D eigenvalue weighted by Gasteiger charge is 2.33. The Morgan fingerprint density at radius 1 is 1.42 bits per heavy atom. The van der Waals surface area contributed by atoms with Gasteiger partial charge in [-0.2, -0.15) is 0 Å². The molecule has 0 N–H and O–H groups in total. The zero-order valence-corrected chi connectivity index (χ0v) is 15.0. The molecule has 1 aromatic rings. The molecular formula is C17H20N2O4S. The summed E-state index contributed by atoms with van der Waals surface area (Å²) in [6.45, 7) is 4.25. The summed E-state index contributed by atoms with van der Waals surface area (Å²) in [7, 11) is 1.90. The summed E-state index contributed by atoms with van der Waals surface area (Å²) >= 11 is 1.54. The van der Waals surface area contributed by atoms with Gasteiger partial charge in [0.2, 0.25) is 6.79 Å². The van der Waals surface area contributed by atoms with Crippen molar-refractivity contribution < 1.29 is 19.0 Å². The Labute approximate surface area is 145 Å². The third-order valence-corrected chi connectivity index (χ3v) is 4.83. The van der Waals surface area contributed by atoms with Crippen LogP contribution in [0.4, 0.5) is 0 Å². The number of ether oxygens (including phenoxy) is 3. The molecular weight excluding hydrogens is 328 g/mol. The quantitative estimate of drug-likeness (QED) is 0.783. The second-order valence-electron chi connectivity index (χ2n) is 5.41. The van der Waals surface area contributed by atoms with Gasteiger partial charge in [0.1, 0.15) is 6.04 Å². The molecule has 0 unspecified atom stereocenters. The maximum atomic E-state index is 12.5. The van der Waals surface area contributed by atoms with Gasteiger partial charge in [-0.25, -0.2) is 9.79 Å². The Kier molecular flexibility index (Phi) is 4.71. The first kappa shape index (κ1) is 16.7. The maximum absolute atomic E-state index is 12.5. The van der Waals surface area contributed by atoms with E-state index in [1.54, 1.807) is 18.7 Å². The van der Waals surface area contributed by atoms with Crippen molar-refractivity contribution in [3.63, 3.8) is 0 Å². The molecule has 3 rings (SSSR count). The minimum atomic E-state index is -0.419. The van der Waals surface area contributed by atoms with Gasteiger partial charge in [0.15, 0.2) is 16.7 Å². The predicted octanol–water partition coefficient (Wildman–Crippen LogP) is 2.96. The van der Waals surface area contributed by atoms with Gasteiger partial charge < -0.3 is 19.1 Å². The Hall–Kier alpha value is -2.15. The Bertz CT molecular complexity index is 729. The number of nitrogens with zero attached hydrogens (tertiary/aromatic N) is 2. The molecule has 2 heterocycles. The van der Waals surface area contributed by atoms with Gasteiger partial charge in [0.05, 0.1) is 12.2 Å². The number of carbonyl (C=O) groups excluding carboxylic acids is 1. The number of hydrogen-bond donors (Lipinski definition) is 0. The molecule has 24 heavy (non-hydrogen) atoms. The van der Waals surface area contributed by atoms with Gasteiger partial charge in [-0.3, -0.25) is 0 Å². The van der Waals surface area contributed by atoms with Crippen molar-refractivity contribution in [3.8, 4) is 11.5 Å². The molecule has 1 aromatic carbocycles. The van der Waals surface area contributed by atoms with Crippen LogP contribution in [0.2, 0.25) is 0 Å². The van der Waals surface area contributed by atoms with Crippen molar-refractivity contribution in [2.45, 2.75) is 19.9 Å². The first-order valence-corrected chi connectivity index (χ1v) is 8.92. The van der Waals surface area contributed by atoms with Gasteiger partial charge in [-0.05, 0) is 37.8 Å². The number of amidine groups is 1. The van der Waals surface area contributed by atoms with Crippen molar-refractivity contribution in [2.75, 3.05) is 26.7 Å². The maximum Gasteiger partial charge on any atom is 0.338 e. The smallest absolute Gasteiger partial charge is 0.338 e. The Morgan fingerprint density at radius 3 is 2.88 bits per heavy atom. The molecule has 0 aliphatic carbocycles. The predicted molar refractivity (Wildman–Crippen MR) is 93.4 cm³/mol. The molecule has 1 atom stereocenters. The molecule has 128 valence electrons. The van der Waals surface area contributed by atoms with Crippen LogP contribution in [0.25, 0.3) is 0 Å². The van der Waals surface area contributed by atoms with Crippen molar-refractivity contribution in [1.82, 2.24) is 4.90 Å². The lowest BCUT2D eigenvalue weighted by atomic mass is 9.96. The molecule has 0 spiro atoms. The number of carbonyl (C=O) groups is 1. The normalized spacial score (nSPS) is 19.4. The SMILES string of the molecule is CCOC(=O)C1=C(C)N(C)C(SC)=N[C@@H]1c1ccc2c(c1)OCO2. The number of hydrogen-bond acceptors (Lipinski definition) is 7. The fraction of sp³-hybridized carbons (Fsp3) is 0.412. The number of allylic oxidation sites excluding steroid dienone is 1. The standard InChI is InChI=1S/C17H20N2O4S/c1-5-21-16(20)14-10(2)19(3)17(24-4)18-15(14)11-6-7-12-13(8-11)23-9-22-12/h6-8,15H,5,9H2,1-4H3/t15-/m1/s1. The minimum absolute atomic E-state index is 0.213. The molecule has 6 nitrogen and oxygen atoms in total. The van der Waals surface area contributed by atoms with Gasteiger partial charge >= 0.3 is 5.97 Å². The van der Waals surface area contributed by atoms with Crippen LogP contribution in [0.1, 0.15) is 25.5 Å². The van der Waals surface area contributed by atoms with E-state index in [-0.39, 0.29) is 12.8 Å². The lowest BCUT2D eigenvalue weighted by Gasteiger charge is -2.31. The average molecular weight is 348 g/mol. The van der Waals surface area contributed by atoms with Gasteiger partial charge in [-0.1, -0.05) is 17.8 Å². The second-order valence-corrected chi connectivity index (χ2v) is 6.18. The number of benzene rings is 1. The molecule has 0 bridgehead atoms. The van der Waals surface area contributed by atoms with Gasteiger partial charge in [0.25, 0.3) is 0 Å². The summed E-state index contributed by atoms with van der Waals surface area (Å²) in [6.07, 6.45) is 1.97. The third-order valence-electron chi connectivity index (χ3n) is 4.08. The minimum Gasteiger partial charge on any atom is -0.463 e. The van der Waals surface area contributed by atoms with Crippen LogP contribution in [0.15, 0.2) is 34.5 Å². The summed E-state index contributed by atoms with van der Waals surface area (Å²) in [6, 6.07) is 5.23. The van der Waals surface area contributed by atoms with Crippen LogP contribution in [-0.4, -0.2) is 42.7 Å². The lowest BCUT2D eigenvalue weighted by molar-refractivity contribution is -0.139. The van der Waals surface area contributed by atoms with E-state index in [4.69, 9.17) is 19.2 Å².